The molecule has 1 N–H and O–H groups in total. The smallest absolute Gasteiger partial charge is 0.263 e. The lowest BCUT2D eigenvalue weighted by Crippen LogP contribution is -2.19. The van der Waals surface area contributed by atoms with E-state index in [1.807, 2.05) is 19.1 Å². The van der Waals surface area contributed by atoms with Crippen LogP contribution in [0, 0.1) is 6.92 Å². The largest absolute Gasteiger partial charge is 0.372 e. The Hall–Kier alpha value is -1.60. The number of thiazole rings is 1. The summed E-state index contributed by atoms with van der Waals surface area (Å²) >= 11 is 1.26. The normalized spacial score (nSPS) is 15.4. The number of hydrogen-bond acceptors (Lipinski definition) is 5. The average Bonchev–Trinajstić information content (AvgIpc) is 3.10. The first-order valence-corrected chi connectivity index (χ1v) is 9.20. The van der Waals surface area contributed by atoms with Gasteiger partial charge in [0.1, 0.15) is 0 Å². The molecule has 2 aromatic rings. The first-order chi connectivity index (χ1) is 10.1. The van der Waals surface area contributed by atoms with Crippen molar-refractivity contribution < 1.29 is 8.42 Å². The van der Waals surface area contributed by atoms with Gasteiger partial charge in [-0.2, -0.15) is 0 Å². The van der Waals surface area contributed by atoms with E-state index in [2.05, 4.69) is 14.6 Å². The quantitative estimate of drug-likeness (QED) is 0.940. The number of benzene rings is 1. The average molecular weight is 323 g/mol. The van der Waals surface area contributed by atoms with Gasteiger partial charge in [-0.05, 0) is 43.5 Å². The lowest BCUT2D eigenvalue weighted by Gasteiger charge is -2.19. The van der Waals surface area contributed by atoms with Crippen LogP contribution in [0.15, 0.2) is 34.7 Å². The summed E-state index contributed by atoms with van der Waals surface area (Å²) in [5.41, 5.74) is 1.85. The molecule has 7 heteroatoms. The third-order valence-corrected chi connectivity index (χ3v) is 5.89. The van der Waals surface area contributed by atoms with Crippen LogP contribution in [0.3, 0.4) is 0 Å². The fourth-order valence-corrected chi connectivity index (χ4v) is 4.57. The van der Waals surface area contributed by atoms with Crippen molar-refractivity contribution in [3.8, 4) is 0 Å². The van der Waals surface area contributed by atoms with Crippen molar-refractivity contribution in [2.45, 2.75) is 24.7 Å². The second-order valence-corrected chi connectivity index (χ2v) is 7.63. The molecule has 0 aliphatic carbocycles. The fourth-order valence-electron chi connectivity index (χ4n) is 2.55. The summed E-state index contributed by atoms with van der Waals surface area (Å²) in [7, 11) is -3.57. The van der Waals surface area contributed by atoms with Gasteiger partial charge in [0.2, 0.25) is 0 Å². The molecule has 0 bridgehead atoms. The molecule has 1 saturated heterocycles. The van der Waals surface area contributed by atoms with Gasteiger partial charge in [0.15, 0.2) is 5.13 Å². The monoisotopic (exact) mass is 323 g/mol. The Morgan fingerprint density at radius 1 is 1.29 bits per heavy atom. The second-order valence-electron chi connectivity index (χ2n) is 5.09. The van der Waals surface area contributed by atoms with Gasteiger partial charge in [-0.15, -0.1) is 11.3 Å². The van der Waals surface area contributed by atoms with Crippen LogP contribution >= 0.6 is 11.3 Å². The summed E-state index contributed by atoms with van der Waals surface area (Å²) in [5, 5.41) is 2.12. The van der Waals surface area contributed by atoms with E-state index in [9.17, 15) is 8.42 Å². The minimum atomic E-state index is -3.57. The highest BCUT2D eigenvalue weighted by atomic mass is 32.2. The van der Waals surface area contributed by atoms with Crippen LogP contribution in [-0.2, 0) is 10.0 Å². The molecule has 0 radical (unpaired) electrons. The van der Waals surface area contributed by atoms with Crippen LogP contribution < -0.4 is 9.62 Å². The molecule has 1 fully saturated rings. The van der Waals surface area contributed by atoms with E-state index in [-0.39, 0.29) is 0 Å². The van der Waals surface area contributed by atoms with E-state index < -0.39 is 10.0 Å². The van der Waals surface area contributed by atoms with Crippen LogP contribution in [0.2, 0.25) is 0 Å². The predicted octanol–water partition coefficient (Wildman–Crippen LogP) is 2.85. The van der Waals surface area contributed by atoms with E-state index in [1.54, 1.807) is 17.6 Å². The van der Waals surface area contributed by atoms with Crippen LogP contribution in [-0.4, -0.2) is 26.5 Å². The highest BCUT2D eigenvalue weighted by Crippen LogP contribution is 2.26. The first-order valence-electron chi connectivity index (χ1n) is 6.84. The van der Waals surface area contributed by atoms with Crippen molar-refractivity contribution >= 4 is 32.2 Å². The number of aryl methyl sites for hydroxylation is 1. The molecule has 1 aromatic heterocycles. The van der Waals surface area contributed by atoms with Crippen LogP contribution in [0.25, 0.3) is 0 Å². The second kappa shape index (κ2) is 5.65. The summed E-state index contributed by atoms with van der Waals surface area (Å²) in [5.74, 6) is 0. The number of rotatable bonds is 4. The highest BCUT2D eigenvalue weighted by Gasteiger charge is 2.20. The van der Waals surface area contributed by atoms with Gasteiger partial charge in [-0.25, -0.2) is 13.4 Å². The SMILES string of the molecule is Cc1cc(N2CCCC2)ccc1S(=O)(=O)Nc1nccs1. The van der Waals surface area contributed by atoms with Gasteiger partial charge in [0.05, 0.1) is 4.90 Å². The van der Waals surface area contributed by atoms with Crippen molar-refractivity contribution in [1.82, 2.24) is 4.98 Å². The Balaban J connectivity index is 1.88. The molecule has 5 nitrogen and oxygen atoms in total. The maximum Gasteiger partial charge on any atom is 0.263 e. The summed E-state index contributed by atoms with van der Waals surface area (Å²) in [4.78, 5) is 6.55. The molecule has 0 amide bonds. The maximum absolute atomic E-state index is 12.4. The molecule has 21 heavy (non-hydrogen) atoms. The third-order valence-electron chi connectivity index (χ3n) is 3.57. The minimum absolute atomic E-state index is 0.306. The van der Waals surface area contributed by atoms with Gasteiger partial charge in [-0.1, -0.05) is 0 Å². The standard InChI is InChI=1S/C14H17N3O2S2/c1-11-10-12(17-7-2-3-8-17)4-5-13(11)21(18,19)16-14-15-6-9-20-14/h4-6,9-10H,2-3,7-8H2,1H3,(H,15,16). The van der Waals surface area contributed by atoms with E-state index in [0.29, 0.717) is 10.0 Å². The summed E-state index contributed by atoms with van der Waals surface area (Å²) < 4.78 is 27.3. The van der Waals surface area contributed by atoms with Gasteiger partial charge in [-0.3, -0.25) is 4.72 Å². The first kappa shape index (κ1) is 14.3. The molecule has 112 valence electrons. The number of nitrogens with one attached hydrogen (secondary N) is 1. The maximum atomic E-state index is 12.4. The Morgan fingerprint density at radius 2 is 2.05 bits per heavy atom. The molecule has 3 rings (SSSR count). The summed E-state index contributed by atoms with van der Waals surface area (Å²) in [6, 6.07) is 5.51. The Kier molecular flexibility index (Phi) is 3.86. The van der Waals surface area contributed by atoms with Crippen molar-refractivity contribution in [3.63, 3.8) is 0 Å². The molecular formula is C14H17N3O2S2. The topological polar surface area (TPSA) is 62.3 Å². The van der Waals surface area contributed by atoms with Gasteiger partial charge in [0, 0.05) is 30.4 Å². The lowest BCUT2D eigenvalue weighted by molar-refractivity contribution is 0.600. The van der Waals surface area contributed by atoms with E-state index in [0.717, 1.165) is 24.3 Å². The predicted molar refractivity (Wildman–Crippen MR) is 85.5 cm³/mol. The molecule has 1 aliphatic heterocycles. The van der Waals surface area contributed by atoms with Gasteiger partial charge < -0.3 is 4.90 Å². The van der Waals surface area contributed by atoms with Gasteiger partial charge in [0.25, 0.3) is 10.0 Å². The fraction of sp³-hybridized carbons (Fsp3) is 0.357. The van der Waals surface area contributed by atoms with E-state index in [4.69, 9.17) is 0 Å². The Morgan fingerprint density at radius 3 is 2.67 bits per heavy atom. The Labute approximate surface area is 128 Å². The van der Waals surface area contributed by atoms with Crippen LogP contribution in [0.1, 0.15) is 18.4 Å². The van der Waals surface area contributed by atoms with Crippen molar-refractivity contribution in [1.29, 1.82) is 0 Å². The Bertz CT molecular complexity index is 721. The minimum Gasteiger partial charge on any atom is -0.372 e. The molecular weight excluding hydrogens is 306 g/mol. The van der Waals surface area contributed by atoms with E-state index >= 15 is 0 Å². The van der Waals surface area contributed by atoms with E-state index in [1.165, 1.54) is 24.2 Å². The molecule has 2 heterocycles. The number of aromatic nitrogens is 1. The number of nitrogens with zero attached hydrogens (tertiary/aromatic N) is 2. The van der Waals surface area contributed by atoms with Crippen LogP contribution in [0.4, 0.5) is 10.8 Å². The van der Waals surface area contributed by atoms with Gasteiger partial charge >= 0.3 is 0 Å². The number of sulfonamides is 1. The van der Waals surface area contributed by atoms with Crippen LogP contribution in [0.5, 0.6) is 0 Å². The third kappa shape index (κ3) is 3.03. The number of anilines is 2. The highest BCUT2D eigenvalue weighted by molar-refractivity contribution is 7.93. The summed E-state index contributed by atoms with van der Waals surface area (Å²) in [6.07, 6.45) is 3.97. The lowest BCUT2D eigenvalue weighted by atomic mass is 10.2. The molecule has 1 aromatic carbocycles. The molecule has 0 saturated carbocycles. The summed E-state index contributed by atoms with van der Waals surface area (Å²) in [6.45, 7) is 3.92. The van der Waals surface area contributed by atoms with Crippen molar-refractivity contribution in [2.24, 2.45) is 0 Å². The van der Waals surface area contributed by atoms with Crippen molar-refractivity contribution in [2.75, 3.05) is 22.7 Å². The molecule has 0 atom stereocenters. The number of hydrogen-bond donors (Lipinski definition) is 1. The molecule has 0 spiro atoms. The zero-order valence-corrected chi connectivity index (χ0v) is 13.4. The molecule has 1 aliphatic rings. The molecule has 0 unspecified atom stereocenters. The zero-order chi connectivity index (χ0) is 14.9. The van der Waals surface area contributed by atoms with Crippen molar-refractivity contribution in [3.05, 3.63) is 35.3 Å². The zero-order valence-electron chi connectivity index (χ0n) is 11.7.